The lowest BCUT2D eigenvalue weighted by atomic mass is 9.82. The van der Waals surface area contributed by atoms with Crippen molar-refractivity contribution in [2.45, 2.75) is 20.8 Å². The van der Waals surface area contributed by atoms with E-state index < -0.39 is 0 Å². The molecule has 5 aromatic rings. The number of benzene rings is 5. The maximum atomic E-state index is 7.07. The van der Waals surface area contributed by atoms with Crippen LogP contribution in [0.1, 0.15) is 16.7 Å². The van der Waals surface area contributed by atoms with Crippen molar-refractivity contribution in [1.29, 1.82) is 0 Å². The van der Waals surface area contributed by atoms with E-state index in [0.717, 1.165) is 55.9 Å². The number of rotatable bonds is 4. The fraction of sp³-hybridized carbons (Fsp3) is 0.0909. The molecule has 0 atom stereocenters. The van der Waals surface area contributed by atoms with Crippen LogP contribution in [0.3, 0.4) is 0 Å². The van der Waals surface area contributed by atoms with E-state index in [2.05, 4.69) is 112 Å². The first kappa shape index (κ1) is 22.5. The van der Waals surface area contributed by atoms with Gasteiger partial charge in [-0.2, -0.15) is 0 Å². The minimum atomic E-state index is 0.749. The summed E-state index contributed by atoms with van der Waals surface area (Å²) in [4.78, 5) is 0. The van der Waals surface area contributed by atoms with Gasteiger partial charge < -0.3 is 11.5 Å². The van der Waals surface area contributed by atoms with Crippen LogP contribution in [-0.4, -0.2) is 0 Å². The molecule has 2 nitrogen and oxygen atoms in total. The van der Waals surface area contributed by atoms with Crippen LogP contribution in [0, 0.1) is 20.8 Å². The van der Waals surface area contributed by atoms with Gasteiger partial charge in [0, 0.05) is 22.5 Å². The first-order chi connectivity index (χ1) is 16.9. The number of hydrogen-bond donors (Lipinski definition) is 2. The molecule has 4 N–H and O–H groups in total. The molecule has 0 radical (unpaired) electrons. The van der Waals surface area contributed by atoms with Crippen molar-refractivity contribution in [1.82, 2.24) is 0 Å². The molecule has 0 saturated carbocycles. The van der Waals surface area contributed by atoms with Gasteiger partial charge in [-0.25, -0.2) is 0 Å². The normalized spacial score (nSPS) is 10.9. The monoisotopic (exact) mass is 454 g/mol. The Hall–Kier alpha value is -4.30. The minimum Gasteiger partial charge on any atom is -0.399 e. The van der Waals surface area contributed by atoms with E-state index in [9.17, 15) is 0 Å². The predicted octanol–water partition coefficient (Wildman–Crippen LogP) is 8.44. The Morgan fingerprint density at radius 2 is 0.914 bits per heavy atom. The molecule has 35 heavy (non-hydrogen) atoms. The van der Waals surface area contributed by atoms with Gasteiger partial charge in [0.05, 0.1) is 0 Å². The van der Waals surface area contributed by atoms with Crippen LogP contribution in [-0.2, 0) is 0 Å². The van der Waals surface area contributed by atoms with Gasteiger partial charge in [-0.1, -0.05) is 102 Å². The first-order valence-corrected chi connectivity index (χ1v) is 11.9. The van der Waals surface area contributed by atoms with Crippen molar-refractivity contribution < 1.29 is 0 Å². The summed E-state index contributed by atoms with van der Waals surface area (Å²) in [5, 5.41) is 0. The van der Waals surface area contributed by atoms with Crippen molar-refractivity contribution in [3.05, 3.63) is 120 Å². The molecule has 5 aromatic carbocycles. The quantitative estimate of drug-likeness (QED) is 0.268. The summed E-state index contributed by atoms with van der Waals surface area (Å²) in [5.74, 6) is 0. The average molecular weight is 455 g/mol. The summed E-state index contributed by atoms with van der Waals surface area (Å²) in [6, 6.07) is 36.2. The fourth-order valence-electron chi connectivity index (χ4n) is 4.84. The lowest BCUT2D eigenvalue weighted by molar-refractivity contribution is 1.44. The second-order valence-corrected chi connectivity index (χ2v) is 9.37. The Morgan fingerprint density at radius 3 is 1.46 bits per heavy atom. The summed E-state index contributed by atoms with van der Waals surface area (Å²) >= 11 is 0. The maximum Gasteiger partial charge on any atom is 0.0480 e. The minimum absolute atomic E-state index is 0.749. The summed E-state index contributed by atoms with van der Waals surface area (Å²) in [6.07, 6.45) is 0. The molecular formula is C33H30N2. The Morgan fingerprint density at radius 1 is 0.429 bits per heavy atom. The van der Waals surface area contributed by atoms with Crippen LogP contribution >= 0.6 is 0 Å². The van der Waals surface area contributed by atoms with Crippen LogP contribution in [0.25, 0.3) is 44.5 Å². The van der Waals surface area contributed by atoms with Crippen molar-refractivity contribution >= 4 is 11.4 Å². The van der Waals surface area contributed by atoms with Crippen LogP contribution in [0.4, 0.5) is 11.4 Å². The Labute approximate surface area is 207 Å². The predicted molar refractivity (Wildman–Crippen MR) is 151 cm³/mol. The molecule has 5 rings (SSSR count). The zero-order chi connectivity index (χ0) is 24.5. The van der Waals surface area contributed by atoms with Gasteiger partial charge in [0.1, 0.15) is 0 Å². The highest BCUT2D eigenvalue weighted by atomic mass is 14.6. The van der Waals surface area contributed by atoms with Gasteiger partial charge in [0.2, 0.25) is 0 Å². The molecule has 0 amide bonds. The van der Waals surface area contributed by atoms with Crippen molar-refractivity contribution in [2.75, 3.05) is 11.5 Å². The number of nitrogen functional groups attached to an aromatic ring is 2. The van der Waals surface area contributed by atoms with E-state index in [1.807, 2.05) is 12.1 Å². The standard InChI is InChI=1S/C33H30N2/c1-21-7-4-10-25(17-21)30-20-29(24-13-15-28(34)16-14-24)31(26-11-5-8-22(2)18-26)32(33(30)35)27-12-6-9-23(3)19-27/h4-20H,34-35H2,1-3H3. The van der Waals surface area contributed by atoms with Crippen LogP contribution < -0.4 is 11.5 Å². The highest BCUT2D eigenvalue weighted by molar-refractivity contribution is 6.05. The molecule has 0 bridgehead atoms. The van der Waals surface area contributed by atoms with Crippen LogP contribution in [0.2, 0.25) is 0 Å². The zero-order valence-electron chi connectivity index (χ0n) is 20.5. The summed E-state index contributed by atoms with van der Waals surface area (Å²) in [6.45, 7) is 6.36. The summed E-state index contributed by atoms with van der Waals surface area (Å²) in [5.41, 5.74) is 27.1. The number of nitrogens with two attached hydrogens (primary N) is 2. The van der Waals surface area contributed by atoms with Crippen LogP contribution in [0.5, 0.6) is 0 Å². The lowest BCUT2D eigenvalue weighted by Gasteiger charge is -2.22. The van der Waals surface area contributed by atoms with E-state index >= 15 is 0 Å². The van der Waals surface area contributed by atoms with Crippen LogP contribution in [0.15, 0.2) is 103 Å². The van der Waals surface area contributed by atoms with Crippen molar-refractivity contribution in [3.63, 3.8) is 0 Å². The fourth-order valence-corrected chi connectivity index (χ4v) is 4.84. The third kappa shape index (κ3) is 4.43. The molecule has 0 unspecified atom stereocenters. The molecule has 0 saturated heterocycles. The summed E-state index contributed by atoms with van der Waals surface area (Å²) in [7, 11) is 0. The molecule has 2 heteroatoms. The third-order valence-electron chi connectivity index (χ3n) is 6.53. The van der Waals surface area contributed by atoms with E-state index in [1.165, 1.54) is 16.7 Å². The SMILES string of the molecule is Cc1cccc(-c2cc(-c3ccc(N)cc3)c(-c3cccc(C)c3)c(-c3cccc(C)c3)c2N)c1. The highest BCUT2D eigenvalue weighted by Gasteiger charge is 2.21. The number of anilines is 2. The molecule has 172 valence electrons. The number of aryl methyl sites for hydroxylation is 3. The zero-order valence-corrected chi connectivity index (χ0v) is 20.5. The lowest BCUT2D eigenvalue weighted by Crippen LogP contribution is -2.01. The van der Waals surface area contributed by atoms with Crippen molar-refractivity contribution in [3.8, 4) is 44.5 Å². The molecule has 0 aromatic heterocycles. The third-order valence-corrected chi connectivity index (χ3v) is 6.53. The Kier molecular flexibility index (Phi) is 5.88. The van der Waals surface area contributed by atoms with Gasteiger partial charge in [-0.3, -0.25) is 0 Å². The highest BCUT2D eigenvalue weighted by Crippen LogP contribution is 2.48. The number of hydrogen-bond acceptors (Lipinski definition) is 2. The first-order valence-electron chi connectivity index (χ1n) is 11.9. The van der Waals surface area contributed by atoms with Gasteiger partial charge >= 0.3 is 0 Å². The molecule has 0 aliphatic heterocycles. The molecule has 0 heterocycles. The smallest absolute Gasteiger partial charge is 0.0480 e. The molecule has 0 aliphatic rings. The second-order valence-electron chi connectivity index (χ2n) is 9.37. The molecule has 0 aliphatic carbocycles. The van der Waals surface area contributed by atoms with Gasteiger partial charge in [-0.05, 0) is 72.4 Å². The average Bonchev–Trinajstić information content (AvgIpc) is 2.84. The van der Waals surface area contributed by atoms with E-state index in [1.54, 1.807) is 0 Å². The van der Waals surface area contributed by atoms with Gasteiger partial charge in [0.15, 0.2) is 0 Å². The van der Waals surface area contributed by atoms with Crippen molar-refractivity contribution in [2.24, 2.45) is 0 Å². The Balaban J connectivity index is 1.95. The molecule has 0 spiro atoms. The van der Waals surface area contributed by atoms with Gasteiger partial charge in [0.25, 0.3) is 0 Å². The van der Waals surface area contributed by atoms with E-state index in [4.69, 9.17) is 11.5 Å². The largest absolute Gasteiger partial charge is 0.399 e. The topological polar surface area (TPSA) is 52.0 Å². The Bertz CT molecular complexity index is 1530. The summed E-state index contributed by atoms with van der Waals surface area (Å²) < 4.78 is 0. The van der Waals surface area contributed by atoms with Gasteiger partial charge in [-0.15, -0.1) is 0 Å². The van der Waals surface area contributed by atoms with E-state index in [-0.39, 0.29) is 0 Å². The second kappa shape index (κ2) is 9.15. The van der Waals surface area contributed by atoms with E-state index in [0.29, 0.717) is 0 Å². The molecule has 0 fully saturated rings. The molecular weight excluding hydrogens is 424 g/mol. The maximum absolute atomic E-state index is 7.07.